The molecular formula is C27H29N3O4S. The monoisotopic (exact) mass is 491 g/mol. The average Bonchev–Trinajstić information content (AvgIpc) is 3.28. The number of allylic oxidation sites excluding steroid dienone is 2. The van der Waals surface area contributed by atoms with Crippen LogP contribution in [-0.4, -0.2) is 41.1 Å². The maximum atomic E-state index is 13.4. The van der Waals surface area contributed by atoms with Gasteiger partial charge in [-0.2, -0.15) is 0 Å². The first-order valence-electron chi connectivity index (χ1n) is 11.7. The van der Waals surface area contributed by atoms with Crippen molar-refractivity contribution >= 4 is 39.6 Å². The zero-order valence-corrected chi connectivity index (χ0v) is 20.5. The minimum atomic E-state index is -4.01. The van der Waals surface area contributed by atoms with Crippen LogP contribution in [0.15, 0.2) is 87.8 Å². The summed E-state index contributed by atoms with van der Waals surface area (Å²) in [5.41, 5.74) is 1.88. The highest BCUT2D eigenvalue weighted by atomic mass is 32.3. The molecule has 0 fully saturated rings. The van der Waals surface area contributed by atoms with Crippen LogP contribution in [-0.2, 0) is 24.2 Å². The van der Waals surface area contributed by atoms with Crippen molar-refractivity contribution in [3.8, 4) is 0 Å². The molecule has 4 rings (SSSR count). The van der Waals surface area contributed by atoms with E-state index >= 15 is 0 Å². The number of benzene rings is 2. The lowest BCUT2D eigenvalue weighted by Crippen LogP contribution is -2.54. The molecule has 2 aromatic rings. The molecule has 1 aliphatic heterocycles. The normalized spacial score (nSPS) is 20.8. The number of carbonyl (C=O) groups excluding carboxylic acids is 2. The Morgan fingerprint density at radius 1 is 1.20 bits per heavy atom. The van der Waals surface area contributed by atoms with Crippen molar-refractivity contribution in [2.24, 2.45) is 10.9 Å². The molecule has 0 saturated heterocycles. The Kier molecular flexibility index (Phi) is 7.54. The molecule has 0 spiro atoms. The van der Waals surface area contributed by atoms with Crippen LogP contribution in [0.25, 0.3) is 10.8 Å². The summed E-state index contributed by atoms with van der Waals surface area (Å²) in [5.74, 6) is -0.825. The minimum absolute atomic E-state index is 0.0571. The van der Waals surface area contributed by atoms with Crippen molar-refractivity contribution in [1.82, 2.24) is 10.0 Å². The second-order valence-electron chi connectivity index (χ2n) is 8.86. The van der Waals surface area contributed by atoms with E-state index in [2.05, 4.69) is 15.0 Å². The summed E-state index contributed by atoms with van der Waals surface area (Å²) in [6.45, 7) is 3.70. The molecule has 0 radical (unpaired) electrons. The Hall–Kier alpha value is -3.20. The van der Waals surface area contributed by atoms with Crippen molar-refractivity contribution in [3.63, 3.8) is 0 Å². The smallest absolute Gasteiger partial charge is 0.242 e. The van der Waals surface area contributed by atoms with Crippen LogP contribution in [0.3, 0.4) is 0 Å². The molecule has 0 bridgehead atoms. The van der Waals surface area contributed by atoms with Gasteiger partial charge in [0.1, 0.15) is 12.3 Å². The number of fused-ring (bicyclic) bond motifs is 2. The van der Waals surface area contributed by atoms with Gasteiger partial charge in [-0.15, -0.1) is 4.72 Å². The van der Waals surface area contributed by atoms with Gasteiger partial charge >= 0.3 is 0 Å². The second kappa shape index (κ2) is 10.6. The maximum Gasteiger partial charge on any atom is 0.242 e. The molecule has 3 unspecified atom stereocenters. The average molecular weight is 492 g/mol. The Balaban J connectivity index is 1.54. The molecule has 5 atom stereocenters. The van der Waals surface area contributed by atoms with E-state index in [4.69, 9.17) is 0 Å². The van der Waals surface area contributed by atoms with Gasteiger partial charge in [0.05, 0.1) is 12.1 Å². The number of rotatable bonds is 10. The van der Waals surface area contributed by atoms with Crippen molar-refractivity contribution in [1.29, 1.82) is 0 Å². The number of amides is 1. The second-order valence-corrected chi connectivity index (χ2v) is 10.5. The fourth-order valence-corrected chi connectivity index (χ4v) is 5.87. The minimum Gasteiger partial charge on any atom is -0.593 e. The first kappa shape index (κ1) is 24.9. The van der Waals surface area contributed by atoms with E-state index < -0.39 is 28.4 Å². The molecule has 1 heterocycles. The highest BCUT2D eigenvalue weighted by Gasteiger charge is 2.35. The largest absolute Gasteiger partial charge is 0.593 e. The lowest BCUT2D eigenvalue weighted by Gasteiger charge is -2.27. The van der Waals surface area contributed by atoms with Crippen molar-refractivity contribution in [3.05, 3.63) is 77.9 Å². The SMILES string of the molecule is CCC(C)[C@H](N[S+](=O)([O-])c1cccc2ccccc12)C(=O)N[C@H](C=O)CC1=C2C=CC=CC2N=C1. The standard InChI is InChI=1S/C27H29N3O4S/c1-3-18(2)26(30-35(33,34)25-14-8-10-19-9-4-5-12-23(19)25)27(32)29-21(17-31)15-20-16-28-24-13-7-6-11-22(20)24/h4-14,16-18,21,24,26H,3,15H2,1-2H3,(H2-,29,30,32,33,34)/t18?,21-,24?,26-/m0/s1. The third-order valence-corrected chi connectivity index (χ3v) is 8.01. The molecule has 0 aromatic heterocycles. The molecule has 2 N–H and O–H groups in total. The molecule has 0 saturated carbocycles. The van der Waals surface area contributed by atoms with Crippen molar-refractivity contribution < 1.29 is 18.4 Å². The lowest BCUT2D eigenvalue weighted by molar-refractivity contribution is -0.126. The predicted molar refractivity (Wildman–Crippen MR) is 138 cm³/mol. The van der Waals surface area contributed by atoms with Crippen LogP contribution in [0.4, 0.5) is 0 Å². The van der Waals surface area contributed by atoms with Crippen molar-refractivity contribution in [2.75, 3.05) is 0 Å². The quantitative estimate of drug-likeness (QED) is 0.390. The van der Waals surface area contributed by atoms with Crippen LogP contribution in [0.2, 0.25) is 0 Å². The molecule has 1 amide bonds. The lowest BCUT2D eigenvalue weighted by atomic mass is 9.95. The van der Waals surface area contributed by atoms with E-state index in [9.17, 15) is 18.4 Å². The number of aldehydes is 1. The number of nitrogens with one attached hydrogen (secondary N) is 2. The summed E-state index contributed by atoms with van der Waals surface area (Å²) in [5, 5.41) is 4.11. The zero-order valence-electron chi connectivity index (χ0n) is 19.7. The van der Waals surface area contributed by atoms with E-state index in [-0.39, 0.29) is 23.3 Å². The van der Waals surface area contributed by atoms with Gasteiger partial charge in [0.2, 0.25) is 5.91 Å². The number of nitrogens with zero attached hydrogens (tertiary/aromatic N) is 1. The predicted octanol–water partition coefficient (Wildman–Crippen LogP) is 3.70. The zero-order chi connectivity index (χ0) is 25.0. The van der Waals surface area contributed by atoms with Gasteiger partial charge in [-0.25, -0.2) is 0 Å². The van der Waals surface area contributed by atoms with E-state index in [0.29, 0.717) is 18.1 Å². The summed E-state index contributed by atoms with van der Waals surface area (Å²) in [4.78, 5) is 29.7. The maximum absolute atomic E-state index is 13.4. The van der Waals surface area contributed by atoms with Crippen LogP contribution in [0.5, 0.6) is 0 Å². The number of sulfonamides is 1. The van der Waals surface area contributed by atoms with Crippen LogP contribution in [0.1, 0.15) is 26.7 Å². The Morgan fingerprint density at radius 2 is 1.97 bits per heavy atom. The van der Waals surface area contributed by atoms with Gasteiger partial charge in [-0.1, -0.05) is 79.1 Å². The number of hydrogen-bond donors (Lipinski definition) is 2. The molecule has 7 nitrogen and oxygen atoms in total. The summed E-state index contributed by atoms with van der Waals surface area (Å²) in [6, 6.07) is 10.3. The van der Waals surface area contributed by atoms with Gasteiger partial charge in [-0.05, 0) is 34.6 Å². The Labute approximate surface area is 206 Å². The fraction of sp³-hybridized carbons (Fsp3) is 0.296. The van der Waals surface area contributed by atoms with E-state index in [1.165, 1.54) is 6.07 Å². The van der Waals surface area contributed by atoms with Crippen molar-refractivity contribution in [2.45, 2.75) is 49.7 Å². The molecule has 35 heavy (non-hydrogen) atoms. The van der Waals surface area contributed by atoms with E-state index in [0.717, 1.165) is 16.5 Å². The topological polar surface area (TPSA) is 111 Å². The summed E-state index contributed by atoms with van der Waals surface area (Å²) in [6.07, 6.45) is 11.0. The van der Waals surface area contributed by atoms with E-state index in [1.807, 2.05) is 56.4 Å². The Morgan fingerprint density at radius 3 is 2.74 bits per heavy atom. The van der Waals surface area contributed by atoms with Crippen LogP contribution in [0, 0.1) is 5.92 Å². The third kappa shape index (κ3) is 5.40. The Bertz CT molecular complexity index is 1290. The molecule has 2 aliphatic rings. The van der Waals surface area contributed by atoms with Gasteiger partial charge in [-0.3, -0.25) is 9.79 Å². The van der Waals surface area contributed by atoms with Gasteiger partial charge < -0.3 is 14.7 Å². The summed E-state index contributed by atoms with van der Waals surface area (Å²) in [7, 11) is -4.01. The van der Waals surface area contributed by atoms with Gasteiger partial charge in [0.25, 0.3) is 0 Å². The first-order valence-corrected chi connectivity index (χ1v) is 13.2. The number of hydrogen-bond acceptors (Lipinski definition) is 5. The molecular weight excluding hydrogens is 462 g/mol. The molecule has 1 aliphatic carbocycles. The third-order valence-electron chi connectivity index (χ3n) is 6.51. The molecule has 8 heteroatoms. The highest BCUT2D eigenvalue weighted by Crippen LogP contribution is 2.28. The van der Waals surface area contributed by atoms with Gasteiger partial charge in [0.15, 0.2) is 15.3 Å². The first-order chi connectivity index (χ1) is 16.8. The molecule has 2 aromatic carbocycles. The van der Waals surface area contributed by atoms with Crippen LogP contribution < -0.4 is 10.0 Å². The summed E-state index contributed by atoms with van der Waals surface area (Å²) >= 11 is 0. The van der Waals surface area contributed by atoms with Crippen LogP contribution >= 0.6 is 0 Å². The molecule has 182 valence electrons. The number of aliphatic imine (C=N–C) groups is 1. The summed E-state index contributed by atoms with van der Waals surface area (Å²) < 4.78 is 29.4. The highest BCUT2D eigenvalue weighted by molar-refractivity contribution is 7.96. The van der Waals surface area contributed by atoms with Gasteiger partial charge in [0, 0.05) is 18.0 Å². The fourth-order valence-electron chi connectivity index (χ4n) is 4.34. The number of carbonyl (C=O) groups is 2. The van der Waals surface area contributed by atoms with E-state index in [1.54, 1.807) is 24.4 Å².